The predicted molar refractivity (Wildman–Crippen MR) is 80.9 cm³/mol. The molecule has 0 fully saturated rings. The standard InChI is InChI=1S/C16H15NO3S/c1-12-7-5-6-10-14(12)21(18,19)16-15(20-11-17-16)13-8-3-2-4-9-13/h2-11,15-16H,1H3/t15-,16-/m1/s1. The second-order valence-corrected chi connectivity index (χ2v) is 6.94. The summed E-state index contributed by atoms with van der Waals surface area (Å²) in [5.74, 6) is 0. The van der Waals surface area contributed by atoms with Gasteiger partial charge in [0.05, 0.1) is 4.90 Å². The fraction of sp³-hybridized carbons (Fsp3) is 0.188. The van der Waals surface area contributed by atoms with E-state index in [0.717, 1.165) is 5.56 Å². The summed E-state index contributed by atoms with van der Waals surface area (Å²) in [6.07, 6.45) is 0.633. The highest BCUT2D eigenvalue weighted by Gasteiger charge is 2.40. The first-order chi connectivity index (χ1) is 10.1. The Morgan fingerprint density at radius 2 is 1.67 bits per heavy atom. The van der Waals surface area contributed by atoms with Gasteiger partial charge in [-0.1, -0.05) is 48.5 Å². The molecule has 0 unspecified atom stereocenters. The van der Waals surface area contributed by atoms with Gasteiger partial charge in [0.2, 0.25) is 9.84 Å². The molecule has 0 spiro atoms. The van der Waals surface area contributed by atoms with Crippen molar-refractivity contribution >= 4 is 16.2 Å². The van der Waals surface area contributed by atoms with Crippen LogP contribution in [0.4, 0.5) is 0 Å². The van der Waals surface area contributed by atoms with Crippen LogP contribution in [0.15, 0.2) is 64.5 Å². The largest absolute Gasteiger partial charge is 0.472 e. The SMILES string of the molecule is Cc1ccccc1S(=O)(=O)[C@H]1N=CO[C@@H]1c1ccccc1. The van der Waals surface area contributed by atoms with E-state index < -0.39 is 21.3 Å². The molecule has 2 atom stereocenters. The van der Waals surface area contributed by atoms with Crippen LogP contribution in [0.2, 0.25) is 0 Å². The van der Waals surface area contributed by atoms with E-state index in [0.29, 0.717) is 10.5 Å². The molecule has 0 aromatic heterocycles. The summed E-state index contributed by atoms with van der Waals surface area (Å²) in [6, 6.07) is 16.2. The third-order valence-electron chi connectivity index (χ3n) is 3.52. The second-order valence-electron chi connectivity index (χ2n) is 4.92. The highest BCUT2D eigenvalue weighted by atomic mass is 32.2. The molecule has 0 bridgehead atoms. The molecule has 0 saturated heterocycles. The van der Waals surface area contributed by atoms with Gasteiger partial charge in [-0.25, -0.2) is 13.4 Å². The van der Waals surface area contributed by atoms with Gasteiger partial charge >= 0.3 is 0 Å². The number of hydrogen-bond acceptors (Lipinski definition) is 4. The summed E-state index contributed by atoms with van der Waals surface area (Å²) in [6.45, 7) is 1.78. The third-order valence-corrected chi connectivity index (χ3v) is 5.60. The molecule has 108 valence electrons. The lowest BCUT2D eigenvalue weighted by Crippen LogP contribution is -2.25. The molecule has 1 aliphatic heterocycles. The van der Waals surface area contributed by atoms with Gasteiger partial charge < -0.3 is 4.74 Å². The summed E-state index contributed by atoms with van der Waals surface area (Å²) in [5.41, 5.74) is 1.52. The number of ether oxygens (including phenoxy) is 1. The lowest BCUT2D eigenvalue weighted by molar-refractivity contribution is 0.227. The van der Waals surface area contributed by atoms with Crippen molar-refractivity contribution in [2.24, 2.45) is 4.99 Å². The molecular formula is C16H15NO3S. The summed E-state index contributed by atoms with van der Waals surface area (Å²) in [4.78, 5) is 4.35. The van der Waals surface area contributed by atoms with E-state index in [4.69, 9.17) is 4.74 Å². The number of aliphatic imine (C=N–C) groups is 1. The molecule has 1 aliphatic rings. The average Bonchev–Trinajstić information content (AvgIpc) is 2.99. The van der Waals surface area contributed by atoms with Crippen LogP contribution in [-0.4, -0.2) is 20.2 Å². The van der Waals surface area contributed by atoms with E-state index >= 15 is 0 Å². The van der Waals surface area contributed by atoms with Gasteiger partial charge in [0, 0.05) is 0 Å². The summed E-state index contributed by atoms with van der Waals surface area (Å²) >= 11 is 0. The Bertz CT molecular complexity index is 769. The average molecular weight is 301 g/mol. The minimum Gasteiger partial charge on any atom is -0.472 e. The van der Waals surface area contributed by atoms with Gasteiger partial charge in [-0.05, 0) is 24.1 Å². The minimum absolute atomic E-state index is 0.304. The van der Waals surface area contributed by atoms with E-state index in [1.54, 1.807) is 25.1 Å². The van der Waals surface area contributed by atoms with E-state index in [9.17, 15) is 8.42 Å². The molecule has 5 heteroatoms. The highest BCUT2D eigenvalue weighted by Crippen LogP contribution is 2.34. The zero-order chi connectivity index (χ0) is 14.9. The van der Waals surface area contributed by atoms with Crippen molar-refractivity contribution in [3.63, 3.8) is 0 Å². The van der Waals surface area contributed by atoms with Gasteiger partial charge in [0.25, 0.3) is 0 Å². The molecule has 0 radical (unpaired) electrons. The minimum atomic E-state index is -3.59. The number of rotatable bonds is 3. The maximum Gasteiger partial charge on any atom is 0.205 e. The quantitative estimate of drug-likeness (QED) is 0.876. The zero-order valence-corrected chi connectivity index (χ0v) is 12.3. The first kappa shape index (κ1) is 13.8. The lowest BCUT2D eigenvalue weighted by Gasteiger charge is -2.18. The molecule has 0 amide bonds. The highest BCUT2D eigenvalue weighted by molar-refractivity contribution is 7.92. The second kappa shape index (κ2) is 5.33. The molecule has 21 heavy (non-hydrogen) atoms. The Morgan fingerprint density at radius 1 is 1.00 bits per heavy atom. The van der Waals surface area contributed by atoms with Gasteiger partial charge in [0.15, 0.2) is 17.9 Å². The first-order valence-electron chi connectivity index (χ1n) is 6.62. The monoisotopic (exact) mass is 301 g/mol. The Morgan fingerprint density at radius 3 is 2.38 bits per heavy atom. The summed E-state index contributed by atoms with van der Waals surface area (Å²) in [5, 5.41) is -0.944. The topological polar surface area (TPSA) is 55.7 Å². The number of nitrogens with zero attached hydrogens (tertiary/aromatic N) is 1. The van der Waals surface area contributed by atoms with Crippen molar-refractivity contribution in [2.45, 2.75) is 23.3 Å². The van der Waals surface area contributed by atoms with Gasteiger partial charge in [-0.15, -0.1) is 0 Å². The molecular weight excluding hydrogens is 286 g/mol. The van der Waals surface area contributed by atoms with Crippen LogP contribution < -0.4 is 0 Å². The van der Waals surface area contributed by atoms with E-state index in [1.807, 2.05) is 36.4 Å². The Kier molecular flexibility index (Phi) is 3.51. The number of benzene rings is 2. The maximum atomic E-state index is 12.8. The number of aryl methyl sites for hydroxylation is 1. The zero-order valence-electron chi connectivity index (χ0n) is 11.5. The first-order valence-corrected chi connectivity index (χ1v) is 8.17. The molecule has 1 heterocycles. The van der Waals surface area contributed by atoms with E-state index in [-0.39, 0.29) is 0 Å². The normalized spacial score (nSPS) is 21.2. The van der Waals surface area contributed by atoms with Crippen LogP contribution >= 0.6 is 0 Å². The van der Waals surface area contributed by atoms with E-state index in [2.05, 4.69) is 4.99 Å². The summed E-state index contributed by atoms with van der Waals surface area (Å²) in [7, 11) is -3.59. The van der Waals surface area contributed by atoms with Crippen molar-refractivity contribution < 1.29 is 13.2 Å². The Balaban J connectivity index is 2.03. The fourth-order valence-electron chi connectivity index (χ4n) is 2.44. The molecule has 0 aliphatic carbocycles. The number of hydrogen-bond donors (Lipinski definition) is 0. The van der Waals surface area contributed by atoms with Crippen LogP contribution in [0.25, 0.3) is 0 Å². The van der Waals surface area contributed by atoms with Crippen molar-refractivity contribution in [3.05, 3.63) is 65.7 Å². The lowest BCUT2D eigenvalue weighted by atomic mass is 10.1. The third kappa shape index (κ3) is 2.45. The van der Waals surface area contributed by atoms with Crippen LogP contribution in [0.5, 0.6) is 0 Å². The van der Waals surface area contributed by atoms with Gasteiger partial charge in [-0.3, -0.25) is 0 Å². The van der Waals surface area contributed by atoms with Crippen LogP contribution in [-0.2, 0) is 14.6 Å². The molecule has 0 N–H and O–H groups in total. The van der Waals surface area contributed by atoms with Crippen molar-refractivity contribution in [1.29, 1.82) is 0 Å². The molecule has 2 aromatic carbocycles. The molecule has 3 rings (SSSR count). The van der Waals surface area contributed by atoms with Crippen LogP contribution in [0, 0.1) is 6.92 Å². The Hall–Kier alpha value is -2.14. The van der Waals surface area contributed by atoms with Crippen molar-refractivity contribution in [1.82, 2.24) is 0 Å². The predicted octanol–water partition coefficient (Wildman–Crippen LogP) is 2.89. The smallest absolute Gasteiger partial charge is 0.205 e. The number of sulfone groups is 1. The summed E-state index contributed by atoms with van der Waals surface area (Å²) < 4.78 is 31.1. The van der Waals surface area contributed by atoms with E-state index in [1.165, 1.54) is 6.40 Å². The van der Waals surface area contributed by atoms with Crippen molar-refractivity contribution in [2.75, 3.05) is 0 Å². The van der Waals surface area contributed by atoms with Crippen LogP contribution in [0.3, 0.4) is 0 Å². The Labute approximate surface area is 124 Å². The maximum absolute atomic E-state index is 12.8. The molecule has 2 aromatic rings. The van der Waals surface area contributed by atoms with Gasteiger partial charge in [-0.2, -0.15) is 0 Å². The molecule has 4 nitrogen and oxygen atoms in total. The fourth-order valence-corrected chi connectivity index (χ4v) is 4.24. The van der Waals surface area contributed by atoms with Gasteiger partial charge in [0.1, 0.15) is 0 Å². The van der Waals surface area contributed by atoms with Crippen LogP contribution in [0.1, 0.15) is 17.2 Å². The molecule has 0 saturated carbocycles. The van der Waals surface area contributed by atoms with Crippen molar-refractivity contribution in [3.8, 4) is 0 Å².